The van der Waals surface area contributed by atoms with Crippen LogP contribution in [-0.4, -0.2) is 27.6 Å². The van der Waals surface area contributed by atoms with Gasteiger partial charge in [-0.2, -0.15) is 8.75 Å². The van der Waals surface area contributed by atoms with E-state index in [9.17, 15) is 13.2 Å². The quantitative estimate of drug-likeness (QED) is 0.477. The third-order valence-electron chi connectivity index (χ3n) is 4.53. The van der Waals surface area contributed by atoms with Crippen molar-refractivity contribution in [1.82, 2.24) is 23.6 Å². The number of amides is 1. The zero-order valence-electron chi connectivity index (χ0n) is 15.6. The summed E-state index contributed by atoms with van der Waals surface area (Å²) in [5.41, 5.74) is 5.90. The number of carbonyl (C=O) groups is 1. The smallest absolute Gasteiger partial charge is 0.268 e. The number of hydrazine groups is 1. The molecule has 2 aromatic carbocycles. The van der Waals surface area contributed by atoms with Crippen LogP contribution in [0.4, 0.5) is 0 Å². The zero-order valence-corrected chi connectivity index (χ0v) is 17.2. The van der Waals surface area contributed by atoms with Gasteiger partial charge in [0.1, 0.15) is 15.9 Å². The first-order valence-corrected chi connectivity index (χ1v) is 10.9. The lowest BCUT2D eigenvalue weighted by Gasteiger charge is -2.11. The average molecular weight is 428 g/mol. The molecule has 8 nitrogen and oxygen atoms in total. The molecule has 0 fully saturated rings. The molecule has 0 unspecified atom stereocenters. The van der Waals surface area contributed by atoms with Crippen molar-refractivity contribution in [3.63, 3.8) is 0 Å². The predicted molar refractivity (Wildman–Crippen MR) is 110 cm³/mol. The molecule has 0 radical (unpaired) electrons. The van der Waals surface area contributed by atoms with E-state index in [1.165, 1.54) is 6.07 Å². The minimum Gasteiger partial charge on any atom is -0.318 e. The number of hydrogen-bond donors (Lipinski definition) is 2. The van der Waals surface area contributed by atoms with Crippen LogP contribution in [0.3, 0.4) is 0 Å². The van der Waals surface area contributed by atoms with E-state index in [0.29, 0.717) is 16.8 Å². The fourth-order valence-corrected chi connectivity index (χ4v) is 4.81. The average Bonchev–Trinajstić information content (AvgIpc) is 3.30. The largest absolute Gasteiger partial charge is 0.318 e. The van der Waals surface area contributed by atoms with Crippen LogP contribution < -0.4 is 10.3 Å². The first kappa shape index (κ1) is 19.2. The van der Waals surface area contributed by atoms with Gasteiger partial charge >= 0.3 is 0 Å². The van der Waals surface area contributed by atoms with Crippen molar-refractivity contribution < 1.29 is 13.2 Å². The number of carbonyl (C=O) groups excluding carboxylic acids is 1. The Morgan fingerprint density at radius 2 is 1.79 bits per heavy atom. The minimum absolute atomic E-state index is 0.0428. The van der Waals surface area contributed by atoms with Crippen LogP contribution >= 0.6 is 11.7 Å². The van der Waals surface area contributed by atoms with Gasteiger partial charge in [-0.1, -0.05) is 24.3 Å². The normalized spacial score (nSPS) is 11.7. The van der Waals surface area contributed by atoms with Crippen molar-refractivity contribution in [3.8, 4) is 5.69 Å². The molecule has 2 heterocycles. The van der Waals surface area contributed by atoms with E-state index in [1.54, 1.807) is 18.2 Å². The molecule has 0 aliphatic rings. The molecule has 4 aromatic rings. The molecule has 0 aliphatic heterocycles. The number of nitrogens with zero attached hydrogens (tertiary/aromatic N) is 3. The molecule has 0 spiro atoms. The number of hydrogen-bond acceptors (Lipinski definition) is 6. The van der Waals surface area contributed by atoms with E-state index in [0.717, 1.165) is 23.1 Å². The topological polar surface area (TPSA) is 106 Å². The molecule has 0 bridgehead atoms. The number of benzene rings is 2. The van der Waals surface area contributed by atoms with E-state index in [1.807, 2.05) is 48.7 Å². The number of nitrogens with one attached hydrogen (secondary N) is 2. The maximum absolute atomic E-state index is 12.7. The highest BCUT2D eigenvalue weighted by Crippen LogP contribution is 2.22. The summed E-state index contributed by atoms with van der Waals surface area (Å²) in [7, 11) is -4.01. The van der Waals surface area contributed by atoms with Crippen LogP contribution in [0.1, 0.15) is 21.7 Å². The minimum atomic E-state index is -4.01. The molecule has 0 atom stereocenters. The fourth-order valence-electron chi connectivity index (χ4n) is 3.20. The molecule has 10 heteroatoms. The summed E-state index contributed by atoms with van der Waals surface area (Å²) in [4.78, 5) is 14.8. The van der Waals surface area contributed by atoms with Crippen LogP contribution in [-0.2, 0) is 10.0 Å². The Bertz CT molecular complexity index is 1310. The number of aromatic nitrogens is 3. The number of para-hydroxylation sites is 1. The third-order valence-corrected chi connectivity index (χ3v) is 6.35. The molecular weight excluding hydrogens is 410 g/mol. The summed E-state index contributed by atoms with van der Waals surface area (Å²) in [6.45, 7) is 3.70. The molecule has 0 aliphatic carbocycles. The molecule has 2 N–H and O–H groups in total. The summed E-state index contributed by atoms with van der Waals surface area (Å²) < 4.78 is 35.3. The van der Waals surface area contributed by atoms with Gasteiger partial charge in [-0.05, 0) is 44.2 Å². The van der Waals surface area contributed by atoms with Gasteiger partial charge in [0.2, 0.25) is 0 Å². The van der Waals surface area contributed by atoms with Crippen molar-refractivity contribution in [2.45, 2.75) is 18.7 Å². The fraction of sp³-hybridized carbons (Fsp3) is 0.105. The van der Waals surface area contributed by atoms with Crippen LogP contribution in [0.2, 0.25) is 0 Å². The lowest BCUT2D eigenvalue weighted by atomic mass is 10.2. The number of fused-ring (bicyclic) bond motifs is 1. The van der Waals surface area contributed by atoms with Gasteiger partial charge in [0.05, 0.1) is 17.3 Å². The van der Waals surface area contributed by atoms with E-state index in [-0.39, 0.29) is 10.4 Å². The van der Waals surface area contributed by atoms with E-state index in [2.05, 4.69) is 19.0 Å². The Morgan fingerprint density at radius 3 is 2.55 bits per heavy atom. The highest BCUT2D eigenvalue weighted by atomic mass is 32.2. The standard InChI is InChI=1S/C19H17N5O3S2/c1-12-11-15(13(2)24(12)14-7-4-3-5-8-14)19(25)20-23-29(26,27)17-10-6-9-16-18(17)22-28-21-16/h3-11,23H,1-2H3,(H,20,25). The molecule has 4 rings (SSSR count). The molecule has 0 saturated carbocycles. The SMILES string of the molecule is Cc1cc(C(=O)NNS(=O)(=O)c2cccc3nsnc23)c(C)n1-c1ccccc1. The Balaban J connectivity index is 1.59. The summed E-state index contributed by atoms with van der Waals surface area (Å²) in [5, 5.41) is 0. The Morgan fingerprint density at radius 1 is 1.03 bits per heavy atom. The maximum Gasteiger partial charge on any atom is 0.268 e. The molecule has 148 valence electrons. The third kappa shape index (κ3) is 3.53. The predicted octanol–water partition coefficient (Wildman–Crippen LogP) is 2.72. The molecule has 1 amide bonds. The van der Waals surface area contributed by atoms with Gasteiger partial charge in [0.25, 0.3) is 15.9 Å². The van der Waals surface area contributed by atoms with Crippen LogP contribution in [0.15, 0.2) is 59.5 Å². The second-order valence-electron chi connectivity index (χ2n) is 6.40. The van der Waals surface area contributed by atoms with E-state index < -0.39 is 15.9 Å². The van der Waals surface area contributed by atoms with Gasteiger partial charge in [-0.25, -0.2) is 8.42 Å². The van der Waals surface area contributed by atoms with Crippen LogP contribution in [0, 0.1) is 13.8 Å². The van der Waals surface area contributed by atoms with Gasteiger partial charge in [0, 0.05) is 17.1 Å². The van der Waals surface area contributed by atoms with Crippen LogP contribution in [0.5, 0.6) is 0 Å². The lowest BCUT2D eigenvalue weighted by Crippen LogP contribution is -2.41. The number of sulfonamides is 1. The van der Waals surface area contributed by atoms with E-state index in [4.69, 9.17) is 0 Å². The van der Waals surface area contributed by atoms with E-state index >= 15 is 0 Å². The van der Waals surface area contributed by atoms with Crippen LogP contribution in [0.25, 0.3) is 16.7 Å². The first-order chi connectivity index (χ1) is 13.9. The molecule has 2 aromatic heterocycles. The van der Waals surface area contributed by atoms with Crippen molar-refractivity contribution in [1.29, 1.82) is 0 Å². The van der Waals surface area contributed by atoms with Crippen molar-refractivity contribution >= 4 is 38.7 Å². The van der Waals surface area contributed by atoms with Crippen molar-refractivity contribution in [2.24, 2.45) is 0 Å². The molecular formula is C19H17N5O3S2. The van der Waals surface area contributed by atoms with Gasteiger partial charge in [0.15, 0.2) is 0 Å². The number of aryl methyl sites for hydroxylation is 1. The lowest BCUT2D eigenvalue weighted by molar-refractivity contribution is 0.0944. The monoisotopic (exact) mass is 427 g/mol. The summed E-state index contributed by atoms with van der Waals surface area (Å²) in [5.74, 6) is -0.549. The second-order valence-corrected chi connectivity index (χ2v) is 8.58. The van der Waals surface area contributed by atoms with Crippen molar-refractivity contribution in [3.05, 3.63) is 71.5 Å². The van der Waals surface area contributed by atoms with Gasteiger partial charge < -0.3 is 4.57 Å². The molecule has 0 saturated heterocycles. The Kier molecular flexibility index (Phi) is 4.91. The maximum atomic E-state index is 12.7. The van der Waals surface area contributed by atoms with Gasteiger partial charge in [-0.15, -0.1) is 4.83 Å². The highest BCUT2D eigenvalue weighted by Gasteiger charge is 2.22. The summed E-state index contributed by atoms with van der Waals surface area (Å²) in [6, 6.07) is 16.0. The Hall–Kier alpha value is -3.08. The first-order valence-electron chi connectivity index (χ1n) is 8.66. The summed E-state index contributed by atoms with van der Waals surface area (Å²) >= 11 is 0.926. The Labute approximate surface area is 171 Å². The van der Waals surface area contributed by atoms with Crippen molar-refractivity contribution in [2.75, 3.05) is 0 Å². The zero-order chi connectivity index (χ0) is 20.6. The van der Waals surface area contributed by atoms with Gasteiger partial charge in [-0.3, -0.25) is 10.2 Å². The number of rotatable bonds is 5. The molecule has 29 heavy (non-hydrogen) atoms. The second kappa shape index (κ2) is 7.39. The highest BCUT2D eigenvalue weighted by molar-refractivity contribution is 7.89. The summed E-state index contributed by atoms with van der Waals surface area (Å²) in [6.07, 6.45) is 0.